The van der Waals surface area contributed by atoms with Gasteiger partial charge in [0, 0.05) is 9.64 Å². The molecule has 0 aliphatic heterocycles. The zero-order chi connectivity index (χ0) is 13.6. The van der Waals surface area contributed by atoms with Crippen molar-refractivity contribution in [3.8, 4) is 5.75 Å². The number of hydrogen-bond donors (Lipinski definition) is 1. The van der Waals surface area contributed by atoms with Crippen molar-refractivity contribution in [1.82, 2.24) is 0 Å². The van der Waals surface area contributed by atoms with E-state index in [2.05, 4.69) is 26.5 Å². The molecule has 0 bridgehead atoms. The zero-order valence-electron chi connectivity index (χ0n) is 11.2. The third-order valence-corrected chi connectivity index (χ3v) is 3.80. The Balaban J connectivity index is 2.95. The summed E-state index contributed by atoms with van der Waals surface area (Å²) in [7, 11) is 0. The van der Waals surface area contributed by atoms with E-state index in [9.17, 15) is 5.11 Å². The molecule has 0 atom stereocenters. The lowest BCUT2D eigenvalue weighted by Gasteiger charge is -2.25. The Morgan fingerprint density at radius 2 is 1.89 bits per heavy atom. The molecule has 0 saturated carbocycles. The van der Waals surface area contributed by atoms with Crippen LogP contribution >= 0.6 is 11.8 Å². The molecule has 0 fully saturated rings. The number of rotatable bonds is 5. The highest BCUT2D eigenvalue weighted by molar-refractivity contribution is 8.00. The molecule has 0 aliphatic rings. The fraction of sp³-hybridized carbons (Fsp3) is 0.250. The van der Waals surface area contributed by atoms with Crippen LogP contribution < -0.4 is 0 Å². The quantitative estimate of drug-likeness (QED) is 0.597. The molecule has 96 valence electrons. The topological polar surface area (TPSA) is 20.2 Å². The van der Waals surface area contributed by atoms with Crippen molar-refractivity contribution < 1.29 is 5.11 Å². The molecule has 0 unspecified atom stereocenters. The molecule has 0 spiro atoms. The molecular weight excluding hydrogens is 240 g/mol. The van der Waals surface area contributed by atoms with Gasteiger partial charge in [0.1, 0.15) is 5.75 Å². The van der Waals surface area contributed by atoms with E-state index >= 15 is 0 Å². The molecule has 1 N–H and O–H groups in total. The molecule has 0 aromatic heterocycles. The Bertz CT molecular complexity index is 452. The summed E-state index contributed by atoms with van der Waals surface area (Å²) in [5, 5.41) is 9.29. The van der Waals surface area contributed by atoms with Crippen molar-refractivity contribution in [2.24, 2.45) is 0 Å². The summed E-state index contributed by atoms with van der Waals surface area (Å²) in [6.07, 6.45) is 7.99. The van der Waals surface area contributed by atoms with Gasteiger partial charge in [-0.1, -0.05) is 30.9 Å². The molecule has 2 heteroatoms. The standard InChI is InChI=1S/C16H20OS/c1-5-7-13(8-6-2)16(3,4)18-15-11-9-14(17)10-12-15/h5-12,17H,1H2,2-4H3/b8-6-,13-7+. The zero-order valence-corrected chi connectivity index (χ0v) is 12.0. The average molecular weight is 260 g/mol. The summed E-state index contributed by atoms with van der Waals surface area (Å²) in [6.45, 7) is 10.1. The Hall–Kier alpha value is -1.41. The van der Waals surface area contributed by atoms with E-state index in [0.29, 0.717) is 5.75 Å². The van der Waals surface area contributed by atoms with Gasteiger partial charge >= 0.3 is 0 Å². The fourth-order valence-corrected chi connectivity index (χ4v) is 2.75. The minimum Gasteiger partial charge on any atom is -0.508 e. The first-order chi connectivity index (χ1) is 8.49. The number of thioether (sulfide) groups is 1. The predicted molar refractivity (Wildman–Crippen MR) is 81.1 cm³/mol. The summed E-state index contributed by atoms with van der Waals surface area (Å²) >= 11 is 1.76. The van der Waals surface area contributed by atoms with Crippen LogP contribution in [0.5, 0.6) is 5.75 Å². The average Bonchev–Trinajstić information content (AvgIpc) is 2.32. The van der Waals surface area contributed by atoms with Crippen LogP contribution in [0, 0.1) is 0 Å². The van der Waals surface area contributed by atoms with Crippen molar-refractivity contribution in [3.05, 3.63) is 60.7 Å². The van der Waals surface area contributed by atoms with E-state index in [4.69, 9.17) is 0 Å². The van der Waals surface area contributed by atoms with Crippen molar-refractivity contribution in [2.75, 3.05) is 0 Å². The second-order valence-corrected chi connectivity index (χ2v) is 6.16. The first kappa shape index (κ1) is 14.7. The molecular formula is C16H20OS. The van der Waals surface area contributed by atoms with Crippen molar-refractivity contribution in [3.63, 3.8) is 0 Å². The lowest BCUT2D eigenvalue weighted by atomic mass is 10.0. The molecule has 18 heavy (non-hydrogen) atoms. The van der Waals surface area contributed by atoms with Gasteiger partial charge in [-0.05, 0) is 50.6 Å². The van der Waals surface area contributed by atoms with Crippen LogP contribution in [0.1, 0.15) is 20.8 Å². The lowest BCUT2D eigenvalue weighted by molar-refractivity contribution is 0.475. The fourth-order valence-electron chi connectivity index (χ4n) is 1.63. The van der Waals surface area contributed by atoms with Crippen LogP contribution in [0.4, 0.5) is 0 Å². The van der Waals surface area contributed by atoms with Crippen molar-refractivity contribution in [2.45, 2.75) is 30.4 Å². The van der Waals surface area contributed by atoms with E-state index in [0.717, 1.165) is 4.90 Å². The summed E-state index contributed by atoms with van der Waals surface area (Å²) in [5.41, 5.74) is 1.22. The predicted octanol–water partition coefficient (Wildman–Crippen LogP) is 4.95. The number of benzene rings is 1. The molecule has 0 radical (unpaired) electrons. The largest absolute Gasteiger partial charge is 0.508 e. The first-order valence-electron chi connectivity index (χ1n) is 5.93. The van der Waals surface area contributed by atoms with E-state index in [1.807, 2.05) is 37.3 Å². The molecule has 1 aromatic rings. The summed E-state index contributed by atoms with van der Waals surface area (Å²) in [5.74, 6) is 0.299. The number of hydrogen-bond acceptors (Lipinski definition) is 2. The van der Waals surface area contributed by atoms with Gasteiger partial charge in [0.05, 0.1) is 0 Å². The Kier molecular flexibility index (Phi) is 5.29. The van der Waals surface area contributed by atoms with Crippen molar-refractivity contribution >= 4 is 11.8 Å². The maximum Gasteiger partial charge on any atom is 0.115 e. The second-order valence-electron chi connectivity index (χ2n) is 4.46. The summed E-state index contributed by atoms with van der Waals surface area (Å²) < 4.78 is -0.0440. The van der Waals surface area contributed by atoms with Gasteiger partial charge < -0.3 is 5.11 Å². The summed E-state index contributed by atoms with van der Waals surface area (Å²) in [4.78, 5) is 1.14. The Morgan fingerprint density at radius 3 is 2.39 bits per heavy atom. The molecule has 1 aromatic carbocycles. The highest BCUT2D eigenvalue weighted by atomic mass is 32.2. The summed E-state index contributed by atoms with van der Waals surface area (Å²) in [6, 6.07) is 7.29. The number of allylic oxidation sites excluding steroid dienone is 4. The minimum atomic E-state index is -0.0440. The van der Waals surface area contributed by atoms with Gasteiger partial charge in [-0.15, -0.1) is 11.8 Å². The van der Waals surface area contributed by atoms with Crippen LogP contribution in [-0.2, 0) is 0 Å². The third kappa shape index (κ3) is 4.11. The molecule has 0 aliphatic carbocycles. The molecule has 0 amide bonds. The third-order valence-electron chi connectivity index (χ3n) is 2.55. The molecule has 1 rings (SSSR count). The van der Waals surface area contributed by atoms with E-state index in [1.165, 1.54) is 5.57 Å². The van der Waals surface area contributed by atoms with Gasteiger partial charge in [-0.3, -0.25) is 0 Å². The lowest BCUT2D eigenvalue weighted by Crippen LogP contribution is -2.16. The van der Waals surface area contributed by atoms with Gasteiger partial charge in [0.25, 0.3) is 0 Å². The Morgan fingerprint density at radius 1 is 1.28 bits per heavy atom. The van der Waals surface area contributed by atoms with Gasteiger partial charge in [0.2, 0.25) is 0 Å². The van der Waals surface area contributed by atoms with Gasteiger partial charge in [-0.25, -0.2) is 0 Å². The number of aromatic hydroxyl groups is 1. The van der Waals surface area contributed by atoms with E-state index in [1.54, 1.807) is 23.9 Å². The van der Waals surface area contributed by atoms with Crippen LogP contribution in [0.2, 0.25) is 0 Å². The van der Waals surface area contributed by atoms with Crippen molar-refractivity contribution in [1.29, 1.82) is 0 Å². The minimum absolute atomic E-state index is 0.0440. The van der Waals surface area contributed by atoms with Gasteiger partial charge in [-0.2, -0.15) is 0 Å². The second kappa shape index (κ2) is 6.50. The van der Waals surface area contributed by atoms with Gasteiger partial charge in [0.15, 0.2) is 0 Å². The molecule has 0 heterocycles. The van der Waals surface area contributed by atoms with Crippen LogP contribution in [-0.4, -0.2) is 9.85 Å². The normalized spacial score (nSPS) is 12.9. The SMILES string of the molecule is C=C/C=C(\C=C/C)C(C)(C)Sc1ccc(O)cc1. The smallest absolute Gasteiger partial charge is 0.115 e. The molecule has 1 nitrogen and oxygen atoms in total. The highest BCUT2D eigenvalue weighted by Crippen LogP contribution is 2.39. The van der Waals surface area contributed by atoms with Crippen LogP contribution in [0.25, 0.3) is 0 Å². The monoisotopic (exact) mass is 260 g/mol. The van der Waals surface area contributed by atoms with E-state index < -0.39 is 0 Å². The maximum absolute atomic E-state index is 9.29. The number of phenols is 1. The van der Waals surface area contributed by atoms with Crippen LogP contribution in [0.3, 0.4) is 0 Å². The van der Waals surface area contributed by atoms with Crippen LogP contribution in [0.15, 0.2) is 65.6 Å². The van der Waals surface area contributed by atoms with E-state index in [-0.39, 0.29) is 4.75 Å². The maximum atomic E-state index is 9.29. The highest BCUT2D eigenvalue weighted by Gasteiger charge is 2.22. The Labute approximate surface area is 114 Å². The first-order valence-corrected chi connectivity index (χ1v) is 6.75. The molecule has 0 saturated heterocycles. The number of phenolic OH excluding ortho intramolecular Hbond substituents is 1.